The number of piperazine rings is 1. The van der Waals surface area contributed by atoms with Gasteiger partial charge in [0.2, 0.25) is 11.8 Å². The molecule has 92 valence electrons. The third-order valence-corrected chi connectivity index (χ3v) is 2.57. The summed E-state index contributed by atoms with van der Waals surface area (Å²) in [5, 5.41) is 5.80. The fourth-order valence-corrected chi connectivity index (χ4v) is 1.73. The Morgan fingerprint density at radius 2 is 2.06 bits per heavy atom. The molecule has 5 heteroatoms. The predicted octanol–water partition coefficient (Wildman–Crippen LogP) is -0.280. The van der Waals surface area contributed by atoms with Crippen LogP contribution in [0, 0.1) is 0 Å². The lowest BCUT2D eigenvalue weighted by Crippen LogP contribution is -2.61. The van der Waals surface area contributed by atoms with Crippen molar-refractivity contribution in [2.45, 2.75) is 45.8 Å². The Bertz CT molecular complexity index is 276. The molecule has 1 aliphatic rings. The van der Waals surface area contributed by atoms with Crippen LogP contribution in [0.1, 0.15) is 27.7 Å². The molecule has 0 saturated carbocycles. The first-order chi connectivity index (χ1) is 7.41. The lowest BCUT2D eigenvalue weighted by molar-refractivity contribution is -0.137. The van der Waals surface area contributed by atoms with Crippen LogP contribution in [0.4, 0.5) is 0 Å². The van der Waals surface area contributed by atoms with Crippen LogP contribution in [-0.4, -0.2) is 47.9 Å². The van der Waals surface area contributed by atoms with Crippen molar-refractivity contribution in [1.82, 2.24) is 15.5 Å². The molecule has 0 aromatic rings. The number of amides is 2. The monoisotopic (exact) mass is 227 g/mol. The number of hydrogen-bond donors (Lipinski definition) is 2. The van der Waals surface area contributed by atoms with Crippen LogP contribution in [0.15, 0.2) is 0 Å². The topological polar surface area (TPSA) is 61.4 Å². The van der Waals surface area contributed by atoms with Gasteiger partial charge in [-0.15, -0.1) is 0 Å². The molecule has 16 heavy (non-hydrogen) atoms. The highest BCUT2D eigenvalue weighted by atomic mass is 16.2. The van der Waals surface area contributed by atoms with E-state index in [1.165, 1.54) is 0 Å². The predicted molar refractivity (Wildman–Crippen MR) is 61.9 cm³/mol. The lowest BCUT2D eigenvalue weighted by atomic mass is 10.1. The van der Waals surface area contributed by atoms with E-state index in [0.717, 1.165) is 0 Å². The highest BCUT2D eigenvalue weighted by Gasteiger charge is 2.30. The molecule has 2 N–H and O–H groups in total. The third kappa shape index (κ3) is 3.20. The van der Waals surface area contributed by atoms with Gasteiger partial charge in [-0.1, -0.05) is 0 Å². The average molecular weight is 227 g/mol. The van der Waals surface area contributed by atoms with E-state index in [1.807, 2.05) is 27.7 Å². The van der Waals surface area contributed by atoms with E-state index >= 15 is 0 Å². The van der Waals surface area contributed by atoms with Gasteiger partial charge in [-0.3, -0.25) is 14.9 Å². The molecule has 1 heterocycles. The first kappa shape index (κ1) is 13.0. The van der Waals surface area contributed by atoms with Crippen LogP contribution in [0.2, 0.25) is 0 Å². The smallest absolute Gasteiger partial charge is 0.239 e. The van der Waals surface area contributed by atoms with Crippen molar-refractivity contribution in [2.24, 2.45) is 0 Å². The molecule has 1 unspecified atom stereocenters. The summed E-state index contributed by atoms with van der Waals surface area (Å²) in [7, 11) is 0. The standard InChI is InChI=1S/C11H21N3O2/c1-7(2)13-11(16)9-6-14(8(3)4)10(15)5-12-9/h7-9,12H,5-6H2,1-4H3,(H,13,16). The van der Waals surface area contributed by atoms with E-state index in [9.17, 15) is 9.59 Å². The fourth-order valence-electron chi connectivity index (χ4n) is 1.73. The Kier molecular flexibility index (Phi) is 4.29. The third-order valence-electron chi connectivity index (χ3n) is 2.57. The molecule has 1 atom stereocenters. The van der Waals surface area contributed by atoms with Gasteiger partial charge in [0.25, 0.3) is 0 Å². The second kappa shape index (κ2) is 5.30. The van der Waals surface area contributed by atoms with Crippen LogP contribution < -0.4 is 10.6 Å². The van der Waals surface area contributed by atoms with Crippen molar-refractivity contribution in [3.8, 4) is 0 Å². The summed E-state index contributed by atoms with van der Waals surface area (Å²) >= 11 is 0. The van der Waals surface area contributed by atoms with E-state index in [4.69, 9.17) is 0 Å². The van der Waals surface area contributed by atoms with Crippen LogP contribution in [0.25, 0.3) is 0 Å². The maximum Gasteiger partial charge on any atom is 0.239 e. The van der Waals surface area contributed by atoms with E-state index < -0.39 is 0 Å². The molecule has 1 aliphatic heterocycles. The summed E-state index contributed by atoms with van der Waals surface area (Å²) in [5.74, 6) is 0.0248. The molecule has 0 radical (unpaired) electrons. The van der Waals surface area contributed by atoms with Gasteiger partial charge in [0.15, 0.2) is 0 Å². The molecule has 0 bridgehead atoms. The van der Waals surface area contributed by atoms with Crippen molar-refractivity contribution in [3.63, 3.8) is 0 Å². The Labute approximate surface area is 96.6 Å². The summed E-state index contributed by atoms with van der Waals surface area (Å²) in [6, 6.07) is -0.0223. The summed E-state index contributed by atoms with van der Waals surface area (Å²) in [5.41, 5.74) is 0. The molecule has 0 spiro atoms. The van der Waals surface area contributed by atoms with Gasteiger partial charge < -0.3 is 10.2 Å². The minimum Gasteiger partial charge on any atom is -0.353 e. The molecule has 1 saturated heterocycles. The zero-order chi connectivity index (χ0) is 12.3. The highest BCUT2D eigenvalue weighted by Crippen LogP contribution is 2.06. The highest BCUT2D eigenvalue weighted by molar-refractivity contribution is 5.87. The van der Waals surface area contributed by atoms with Crippen LogP contribution in [0.3, 0.4) is 0 Å². The summed E-state index contributed by atoms with van der Waals surface area (Å²) < 4.78 is 0. The van der Waals surface area contributed by atoms with Crippen LogP contribution >= 0.6 is 0 Å². The molecule has 5 nitrogen and oxygen atoms in total. The Morgan fingerprint density at radius 1 is 1.44 bits per heavy atom. The largest absolute Gasteiger partial charge is 0.353 e. The van der Waals surface area contributed by atoms with Crippen molar-refractivity contribution < 1.29 is 9.59 Å². The van der Waals surface area contributed by atoms with E-state index in [2.05, 4.69) is 10.6 Å². The zero-order valence-corrected chi connectivity index (χ0v) is 10.4. The first-order valence-electron chi connectivity index (χ1n) is 5.75. The summed E-state index contributed by atoms with van der Waals surface area (Å²) in [4.78, 5) is 25.1. The van der Waals surface area contributed by atoms with Crippen molar-refractivity contribution >= 4 is 11.8 Å². The number of carbonyl (C=O) groups excluding carboxylic acids is 2. The molecule has 0 aromatic carbocycles. The molecule has 1 fully saturated rings. The maximum atomic E-state index is 11.8. The maximum absolute atomic E-state index is 11.8. The van der Waals surface area contributed by atoms with Gasteiger partial charge in [0.05, 0.1) is 6.54 Å². The molecule has 0 aromatic heterocycles. The Hall–Kier alpha value is -1.10. The second-order valence-corrected chi connectivity index (χ2v) is 4.74. The minimum absolute atomic E-state index is 0.0341. The van der Waals surface area contributed by atoms with Crippen molar-refractivity contribution in [1.29, 1.82) is 0 Å². The van der Waals surface area contributed by atoms with Gasteiger partial charge in [-0.2, -0.15) is 0 Å². The lowest BCUT2D eigenvalue weighted by Gasteiger charge is -2.35. The van der Waals surface area contributed by atoms with E-state index in [0.29, 0.717) is 6.54 Å². The molecule has 0 aliphatic carbocycles. The van der Waals surface area contributed by atoms with Gasteiger partial charge in [-0.05, 0) is 27.7 Å². The van der Waals surface area contributed by atoms with Gasteiger partial charge >= 0.3 is 0 Å². The average Bonchev–Trinajstić information content (AvgIpc) is 2.16. The SMILES string of the molecule is CC(C)NC(=O)C1CN(C(C)C)C(=O)CN1. The second-order valence-electron chi connectivity index (χ2n) is 4.74. The molecule has 1 rings (SSSR count). The van der Waals surface area contributed by atoms with E-state index in [-0.39, 0.29) is 36.5 Å². The molecule has 2 amide bonds. The Morgan fingerprint density at radius 3 is 2.56 bits per heavy atom. The Balaban J connectivity index is 2.58. The summed E-state index contributed by atoms with van der Waals surface area (Å²) in [6.45, 7) is 8.46. The molecular formula is C11H21N3O2. The number of rotatable bonds is 3. The van der Waals surface area contributed by atoms with Crippen molar-refractivity contribution in [2.75, 3.05) is 13.1 Å². The minimum atomic E-state index is -0.289. The fraction of sp³-hybridized carbons (Fsp3) is 0.818. The van der Waals surface area contributed by atoms with Gasteiger partial charge in [0.1, 0.15) is 6.04 Å². The van der Waals surface area contributed by atoms with Gasteiger partial charge in [0, 0.05) is 18.6 Å². The van der Waals surface area contributed by atoms with Crippen molar-refractivity contribution in [3.05, 3.63) is 0 Å². The summed E-state index contributed by atoms with van der Waals surface area (Å²) in [6.07, 6.45) is 0. The number of hydrogen-bond acceptors (Lipinski definition) is 3. The number of nitrogens with one attached hydrogen (secondary N) is 2. The normalized spacial score (nSPS) is 21.8. The molecular weight excluding hydrogens is 206 g/mol. The van der Waals surface area contributed by atoms with Crippen LogP contribution in [-0.2, 0) is 9.59 Å². The van der Waals surface area contributed by atoms with E-state index in [1.54, 1.807) is 4.90 Å². The first-order valence-corrected chi connectivity index (χ1v) is 5.75. The van der Waals surface area contributed by atoms with Crippen LogP contribution in [0.5, 0.6) is 0 Å². The quantitative estimate of drug-likeness (QED) is 0.697. The number of carbonyl (C=O) groups is 2. The van der Waals surface area contributed by atoms with Gasteiger partial charge in [-0.25, -0.2) is 0 Å². The zero-order valence-electron chi connectivity index (χ0n) is 10.4. The number of nitrogens with zero attached hydrogens (tertiary/aromatic N) is 1.